The van der Waals surface area contributed by atoms with Gasteiger partial charge in [-0.15, -0.1) is 0 Å². The van der Waals surface area contributed by atoms with Gasteiger partial charge in [0.25, 0.3) is 5.56 Å². The van der Waals surface area contributed by atoms with Gasteiger partial charge in [-0.05, 0) is 73.2 Å². The van der Waals surface area contributed by atoms with Crippen LogP contribution in [0.2, 0.25) is 18.1 Å². The van der Waals surface area contributed by atoms with Crippen molar-refractivity contribution >= 4 is 14.4 Å². The van der Waals surface area contributed by atoms with E-state index in [1.807, 2.05) is 97.9 Å². The normalized spacial score (nSPS) is 18.9. The van der Waals surface area contributed by atoms with Crippen LogP contribution in [-0.4, -0.2) is 95.2 Å². The maximum atomic E-state index is 13.4. The van der Waals surface area contributed by atoms with Gasteiger partial charge in [0.05, 0.1) is 20.8 Å². The number of amides is 1. The Balaban J connectivity index is 1.65. The number of H-pyrrole nitrogens is 1. The van der Waals surface area contributed by atoms with E-state index in [-0.39, 0.29) is 11.6 Å². The average Bonchev–Trinajstić information content (AvgIpc) is 3.47. The molecular weight excluding hydrogens is 721 g/mol. The monoisotopic (exact) mass is 774 g/mol. The number of nitrogens with one attached hydrogen (secondary N) is 2. The Kier molecular flexibility index (Phi) is 13.1. The third-order valence-electron chi connectivity index (χ3n) is 10.4. The standard InChI is InChI=1S/C41H54N4O9Si/c1-40(2,3)55(8,9)54-35-33(52-37(45-25-23-34(46)43-38(45)47)36(35)53-39(48)42-24-26-44(4)5)27-51-41(28-13-11-10-12-14-28,29-15-19-31(49-6)20-16-29)30-17-21-32(50-7)22-18-30/h10-23,25,33,35-37H,24,26-27H2,1-9H3,(H,42,48)(H,43,46,47)/t33-,35-,36-,37-/m1/s1. The van der Waals surface area contributed by atoms with E-state index in [0.29, 0.717) is 24.6 Å². The minimum Gasteiger partial charge on any atom is -0.497 e. The molecule has 1 fully saturated rings. The summed E-state index contributed by atoms with van der Waals surface area (Å²) in [6, 6.07) is 26.4. The Hall–Kier alpha value is -4.73. The molecule has 0 bridgehead atoms. The summed E-state index contributed by atoms with van der Waals surface area (Å²) in [5.74, 6) is 1.36. The zero-order valence-electron chi connectivity index (χ0n) is 33.2. The number of ether oxygens (including phenoxy) is 5. The van der Waals surface area contributed by atoms with Gasteiger partial charge in [0.15, 0.2) is 20.6 Å². The number of nitrogens with zero attached hydrogens (tertiary/aromatic N) is 2. The fourth-order valence-electron chi connectivity index (χ4n) is 6.31. The van der Waals surface area contributed by atoms with Crippen LogP contribution in [0.15, 0.2) is 101 Å². The highest BCUT2D eigenvalue weighted by atomic mass is 28.4. The number of benzene rings is 3. The van der Waals surface area contributed by atoms with Gasteiger partial charge in [-0.1, -0.05) is 75.4 Å². The SMILES string of the molecule is COc1ccc(C(OC[C@H]2O[C@@H](n3ccc(=O)[nH]c3=O)[C@H](OC(=O)NCCN(C)C)[C@@H]2O[Si](C)(C)C(C)(C)C)(c2ccccc2)c2ccc(OC)cc2)cc1. The predicted octanol–water partition coefficient (Wildman–Crippen LogP) is 5.51. The van der Waals surface area contributed by atoms with E-state index in [4.69, 9.17) is 28.1 Å². The van der Waals surface area contributed by atoms with E-state index in [1.54, 1.807) is 14.2 Å². The number of likely N-dealkylation sites (N-methyl/N-ethyl adjacent to an activating group) is 1. The molecule has 2 heterocycles. The molecule has 4 aromatic rings. The first-order valence-corrected chi connectivity index (χ1v) is 21.2. The van der Waals surface area contributed by atoms with Crippen LogP contribution in [0.4, 0.5) is 4.79 Å². The minimum absolute atomic E-state index is 0.0665. The highest BCUT2D eigenvalue weighted by molar-refractivity contribution is 6.74. The highest BCUT2D eigenvalue weighted by Gasteiger charge is 2.54. The van der Waals surface area contributed by atoms with Gasteiger partial charge in [-0.25, -0.2) is 9.59 Å². The van der Waals surface area contributed by atoms with Gasteiger partial charge in [0, 0.05) is 25.4 Å². The van der Waals surface area contributed by atoms with Crippen LogP contribution >= 0.6 is 0 Å². The first-order chi connectivity index (χ1) is 26.1. The molecule has 3 aromatic carbocycles. The molecule has 0 unspecified atom stereocenters. The second-order valence-electron chi connectivity index (χ2n) is 15.3. The molecule has 1 aliphatic rings. The van der Waals surface area contributed by atoms with Crippen LogP contribution in [-0.2, 0) is 24.2 Å². The van der Waals surface area contributed by atoms with Gasteiger partial charge in [0.2, 0.25) is 0 Å². The zero-order valence-corrected chi connectivity index (χ0v) is 34.2. The summed E-state index contributed by atoms with van der Waals surface area (Å²) < 4.78 is 39.5. The molecule has 1 saturated heterocycles. The molecule has 1 aromatic heterocycles. The largest absolute Gasteiger partial charge is 0.497 e. The Labute approximate surface area is 323 Å². The van der Waals surface area contributed by atoms with E-state index < -0.39 is 55.8 Å². The molecule has 0 radical (unpaired) electrons. The van der Waals surface area contributed by atoms with Crippen molar-refractivity contribution in [2.24, 2.45) is 0 Å². The molecule has 2 N–H and O–H groups in total. The molecule has 0 aliphatic carbocycles. The molecule has 5 rings (SSSR count). The molecule has 296 valence electrons. The lowest BCUT2D eigenvalue weighted by Gasteiger charge is -2.41. The second-order valence-corrected chi connectivity index (χ2v) is 20.1. The Morgan fingerprint density at radius 1 is 0.855 bits per heavy atom. The van der Waals surface area contributed by atoms with Crippen LogP contribution in [0.5, 0.6) is 11.5 Å². The number of carbonyl (C=O) groups excluding carboxylic acids is 1. The second kappa shape index (κ2) is 17.4. The summed E-state index contributed by atoms with van der Waals surface area (Å²) in [6.07, 6.45) is -3.39. The summed E-state index contributed by atoms with van der Waals surface area (Å²) >= 11 is 0. The maximum Gasteiger partial charge on any atom is 0.407 e. The third kappa shape index (κ3) is 9.39. The number of hydrogen-bond acceptors (Lipinski definition) is 10. The third-order valence-corrected chi connectivity index (χ3v) is 14.8. The zero-order chi connectivity index (χ0) is 40.0. The van der Waals surface area contributed by atoms with Crippen molar-refractivity contribution in [3.8, 4) is 11.5 Å². The van der Waals surface area contributed by atoms with E-state index in [9.17, 15) is 14.4 Å². The number of alkyl carbamates (subject to hydrolysis) is 1. The summed E-state index contributed by atoms with van der Waals surface area (Å²) in [6.45, 7) is 11.4. The summed E-state index contributed by atoms with van der Waals surface area (Å²) in [5, 5.41) is 2.56. The highest BCUT2D eigenvalue weighted by Crippen LogP contribution is 2.45. The van der Waals surface area contributed by atoms with Crippen LogP contribution in [0.3, 0.4) is 0 Å². The van der Waals surface area contributed by atoms with Crippen LogP contribution in [0.1, 0.15) is 43.7 Å². The molecule has 55 heavy (non-hydrogen) atoms. The molecule has 1 amide bonds. The molecule has 0 spiro atoms. The van der Waals surface area contributed by atoms with Gasteiger partial charge in [0.1, 0.15) is 29.3 Å². The molecule has 1 aliphatic heterocycles. The Morgan fingerprint density at radius 2 is 1.42 bits per heavy atom. The first-order valence-electron chi connectivity index (χ1n) is 18.3. The number of hydrogen-bond donors (Lipinski definition) is 2. The summed E-state index contributed by atoms with van der Waals surface area (Å²) in [4.78, 5) is 43.1. The fraction of sp³-hybridized carbons (Fsp3) is 0.439. The number of carbonyl (C=O) groups is 1. The van der Waals surface area contributed by atoms with Crippen molar-refractivity contribution in [2.45, 2.75) is 69.0 Å². The van der Waals surface area contributed by atoms with Gasteiger partial charge in [-0.3, -0.25) is 14.3 Å². The molecule has 14 heteroatoms. The lowest BCUT2D eigenvalue weighted by molar-refractivity contribution is -0.0950. The van der Waals surface area contributed by atoms with Crippen molar-refractivity contribution < 1.29 is 32.9 Å². The number of aromatic amines is 1. The smallest absolute Gasteiger partial charge is 0.407 e. The van der Waals surface area contributed by atoms with Gasteiger partial charge in [-0.2, -0.15) is 0 Å². The van der Waals surface area contributed by atoms with Gasteiger partial charge < -0.3 is 38.3 Å². The minimum atomic E-state index is -2.61. The van der Waals surface area contributed by atoms with E-state index in [0.717, 1.165) is 16.7 Å². The van der Waals surface area contributed by atoms with Crippen molar-refractivity contribution in [1.29, 1.82) is 0 Å². The average molecular weight is 775 g/mol. The maximum absolute atomic E-state index is 13.4. The first kappa shape index (κ1) is 41.4. The Morgan fingerprint density at radius 3 is 1.93 bits per heavy atom. The van der Waals surface area contributed by atoms with Gasteiger partial charge >= 0.3 is 11.8 Å². The molecule has 13 nitrogen and oxygen atoms in total. The molecule has 4 atom stereocenters. The van der Waals surface area contributed by atoms with Crippen molar-refractivity contribution in [3.05, 3.63) is 129 Å². The quantitative estimate of drug-likeness (QED) is 0.117. The van der Waals surface area contributed by atoms with Crippen LogP contribution in [0.25, 0.3) is 0 Å². The van der Waals surface area contributed by atoms with Crippen molar-refractivity contribution in [2.75, 3.05) is 48.0 Å². The van der Waals surface area contributed by atoms with Crippen LogP contribution < -0.4 is 26.0 Å². The summed E-state index contributed by atoms with van der Waals surface area (Å²) in [5.41, 5.74) is -0.0263. The number of aromatic nitrogens is 2. The van der Waals surface area contributed by atoms with E-state index in [1.165, 1.54) is 16.8 Å². The molecular formula is C41H54N4O9Si. The lowest BCUT2D eigenvalue weighted by Crippen LogP contribution is -2.52. The Bertz CT molecular complexity index is 1930. The van der Waals surface area contributed by atoms with E-state index in [2.05, 4.69) is 44.2 Å². The van der Waals surface area contributed by atoms with Crippen molar-refractivity contribution in [1.82, 2.24) is 19.8 Å². The van der Waals surface area contributed by atoms with E-state index >= 15 is 0 Å². The fourth-order valence-corrected chi connectivity index (χ4v) is 7.63. The predicted molar refractivity (Wildman–Crippen MR) is 212 cm³/mol. The van der Waals surface area contributed by atoms with Crippen molar-refractivity contribution in [3.63, 3.8) is 0 Å². The number of rotatable bonds is 15. The lowest BCUT2D eigenvalue weighted by atomic mass is 9.80. The summed E-state index contributed by atoms with van der Waals surface area (Å²) in [7, 11) is 4.42. The molecule has 0 saturated carbocycles. The number of methoxy groups -OCH3 is 2. The topological polar surface area (TPSA) is 143 Å². The van der Waals surface area contributed by atoms with Crippen LogP contribution in [0, 0.1) is 0 Å².